The first-order chi connectivity index (χ1) is 9.65. The summed E-state index contributed by atoms with van der Waals surface area (Å²) in [4.78, 5) is 11.5. The Bertz CT molecular complexity index is 421. The molecular weight excluding hydrogens is 248 g/mol. The Kier molecular flexibility index (Phi) is 5.60. The van der Waals surface area contributed by atoms with Crippen LogP contribution in [0.4, 0.5) is 0 Å². The Morgan fingerprint density at radius 2 is 1.95 bits per heavy atom. The summed E-state index contributed by atoms with van der Waals surface area (Å²) < 4.78 is 0. The van der Waals surface area contributed by atoms with E-state index in [0.29, 0.717) is 12.3 Å². The molecule has 1 aromatic carbocycles. The van der Waals surface area contributed by atoms with E-state index in [0.717, 1.165) is 25.6 Å². The van der Waals surface area contributed by atoms with Crippen molar-refractivity contribution in [2.75, 3.05) is 13.1 Å². The zero-order valence-electron chi connectivity index (χ0n) is 12.6. The molecule has 1 aliphatic carbocycles. The molecule has 0 radical (unpaired) electrons. The van der Waals surface area contributed by atoms with Gasteiger partial charge in [-0.2, -0.15) is 0 Å². The van der Waals surface area contributed by atoms with E-state index >= 15 is 0 Å². The van der Waals surface area contributed by atoms with E-state index in [1.807, 2.05) is 0 Å². The molecule has 2 rings (SSSR count). The SMILES string of the molecule is CC(C)CNC(=O)CCNCc1ccc(C2CC2)cc1. The van der Waals surface area contributed by atoms with Gasteiger partial charge in [0.05, 0.1) is 0 Å². The molecule has 20 heavy (non-hydrogen) atoms. The Labute approximate surface area is 122 Å². The largest absolute Gasteiger partial charge is 0.356 e. The van der Waals surface area contributed by atoms with Crippen LogP contribution in [0, 0.1) is 5.92 Å². The molecular formula is C17H26N2O. The number of nitrogens with one attached hydrogen (secondary N) is 2. The minimum Gasteiger partial charge on any atom is -0.356 e. The minimum atomic E-state index is 0.135. The van der Waals surface area contributed by atoms with Gasteiger partial charge < -0.3 is 10.6 Å². The van der Waals surface area contributed by atoms with E-state index in [4.69, 9.17) is 0 Å². The van der Waals surface area contributed by atoms with Gasteiger partial charge in [0.15, 0.2) is 0 Å². The standard InChI is InChI=1S/C17H26N2O/c1-13(2)11-19-17(20)9-10-18-12-14-3-5-15(6-4-14)16-7-8-16/h3-6,13,16,18H,7-12H2,1-2H3,(H,19,20). The summed E-state index contributed by atoms with van der Waals surface area (Å²) in [5.41, 5.74) is 2.76. The summed E-state index contributed by atoms with van der Waals surface area (Å²) in [7, 11) is 0. The van der Waals surface area contributed by atoms with E-state index in [2.05, 4.69) is 48.7 Å². The molecule has 0 atom stereocenters. The smallest absolute Gasteiger partial charge is 0.221 e. The molecule has 1 aromatic rings. The highest BCUT2D eigenvalue weighted by molar-refractivity contribution is 5.76. The van der Waals surface area contributed by atoms with Crippen LogP contribution in [0.3, 0.4) is 0 Å². The van der Waals surface area contributed by atoms with Crippen molar-refractivity contribution in [3.8, 4) is 0 Å². The predicted molar refractivity (Wildman–Crippen MR) is 82.6 cm³/mol. The van der Waals surface area contributed by atoms with Crippen LogP contribution < -0.4 is 10.6 Å². The van der Waals surface area contributed by atoms with E-state index in [9.17, 15) is 4.79 Å². The lowest BCUT2D eigenvalue weighted by atomic mass is 10.1. The lowest BCUT2D eigenvalue weighted by Crippen LogP contribution is -2.30. The van der Waals surface area contributed by atoms with E-state index in [-0.39, 0.29) is 5.91 Å². The number of hydrogen-bond donors (Lipinski definition) is 2. The van der Waals surface area contributed by atoms with Gasteiger partial charge >= 0.3 is 0 Å². The summed E-state index contributed by atoms with van der Waals surface area (Å²) in [6.07, 6.45) is 3.25. The lowest BCUT2D eigenvalue weighted by molar-refractivity contribution is -0.121. The van der Waals surface area contributed by atoms with Crippen molar-refractivity contribution in [2.45, 2.75) is 45.6 Å². The van der Waals surface area contributed by atoms with Crippen molar-refractivity contribution in [1.29, 1.82) is 0 Å². The molecule has 0 unspecified atom stereocenters. The van der Waals surface area contributed by atoms with Crippen molar-refractivity contribution in [1.82, 2.24) is 10.6 Å². The molecule has 1 amide bonds. The molecule has 1 aliphatic rings. The van der Waals surface area contributed by atoms with Gasteiger partial charge in [-0.1, -0.05) is 38.1 Å². The Hall–Kier alpha value is -1.35. The van der Waals surface area contributed by atoms with Gasteiger partial charge in [0.2, 0.25) is 5.91 Å². The van der Waals surface area contributed by atoms with Crippen molar-refractivity contribution in [3.63, 3.8) is 0 Å². The van der Waals surface area contributed by atoms with Crippen molar-refractivity contribution in [3.05, 3.63) is 35.4 Å². The number of rotatable bonds is 8. The minimum absolute atomic E-state index is 0.135. The second-order valence-corrected chi connectivity index (χ2v) is 6.14. The Morgan fingerprint density at radius 3 is 2.55 bits per heavy atom. The summed E-state index contributed by atoms with van der Waals surface area (Å²) >= 11 is 0. The van der Waals surface area contributed by atoms with Gasteiger partial charge in [-0.3, -0.25) is 4.79 Å². The average Bonchev–Trinajstić information content (AvgIpc) is 3.26. The lowest BCUT2D eigenvalue weighted by Gasteiger charge is -2.08. The zero-order valence-corrected chi connectivity index (χ0v) is 12.6. The van der Waals surface area contributed by atoms with E-state index < -0.39 is 0 Å². The molecule has 3 heteroatoms. The molecule has 0 aliphatic heterocycles. The number of carbonyl (C=O) groups is 1. The average molecular weight is 274 g/mol. The number of hydrogen-bond acceptors (Lipinski definition) is 2. The third kappa shape index (κ3) is 5.33. The fraction of sp³-hybridized carbons (Fsp3) is 0.588. The Morgan fingerprint density at radius 1 is 1.25 bits per heavy atom. The van der Waals surface area contributed by atoms with Crippen LogP contribution in [-0.4, -0.2) is 19.0 Å². The molecule has 110 valence electrons. The van der Waals surface area contributed by atoms with Crippen LogP contribution in [0.15, 0.2) is 24.3 Å². The topological polar surface area (TPSA) is 41.1 Å². The van der Waals surface area contributed by atoms with Gasteiger partial charge in [-0.15, -0.1) is 0 Å². The van der Waals surface area contributed by atoms with Gasteiger partial charge in [0.1, 0.15) is 0 Å². The fourth-order valence-corrected chi connectivity index (χ4v) is 2.17. The maximum absolute atomic E-state index is 11.5. The summed E-state index contributed by atoms with van der Waals surface area (Å²) in [6.45, 7) is 6.53. The molecule has 2 N–H and O–H groups in total. The van der Waals surface area contributed by atoms with Crippen molar-refractivity contribution < 1.29 is 4.79 Å². The monoisotopic (exact) mass is 274 g/mol. The summed E-state index contributed by atoms with van der Waals surface area (Å²) in [5, 5.41) is 6.25. The fourth-order valence-electron chi connectivity index (χ4n) is 2.17. The maximum Gasteiger partial charge on any atom is 0.221 e. The van der Waals surface area contributed by atoms with Crippen LogP contribution in [0.25, 0.3) is 0 Å². The third-order valence-electron chi connectivity index (χ3n) is 3.59. The third-order valence-corrected chi connectivity index (χ3v) is 3.59. The van der Waals surface area contributed by atoms with Crippen LogP contribution in [-0.2, 0) is 11.3 Å². The van der Waals surface area contributed by atoms with Crippen LogP contribution >= 0.6 is 0 Å². The predicted octanol–water partition coefficient (Wildman–Crippen LogP) is 2.82. The normalized spacial score (nSPS) is 14.6. The molecule has 0 saturated heterocycles. The van der Waals surface area contributed by atoms with Gasteiger partial charge in [0.25, 0.3) is 0 Å². The van der Waals surface area contributed by atoms with Crippen molar-refractivity contribution >= 4 is 5.91 Å². The summed E-state index contributed by atoms with van der Waals surface area (Å²) in [6, 6.07) is 8.87. The molecule has 3 nitrogen and oxygen atoms in total. The molecule has 0 aromatic heterocycles. The number of carbonyl (C=O) groups excluding carboxylic acids is 1. The first-order valence-electron chi connectivity index (χ1n) is 7.71. The van der Waals surface area contributed by atoms with Gasteiger partial charge in [-0.25, -0.2) is 0 Å². The molecule has 0 heterocycles. The number of amides is 1. The second-order valence-electron chi connectivity index (χ2n) is 6.14. The van der Waals surface area contributed by atoms with Crippen LogP contribution in [0.1, 0.15) is 50.2 Å². The second kappa shape index (κ2) is 7.44. The first-order valence-corrected chi connectivity index (χ1v) is 7.71. The van der Waals surface area contributed by atoms with Crippen LogP contribution in [0.2, 0.25) is 0 Å². The summed E-state index contributed by atoms with van der Waals surface area (Å²) in [5.74, 6) is 1.47. The van der Waals surface area contributed by atoms with Gasteiger partial charge in [-0.05, 0) is 35.8 Å². The molecule has 1 fully saturated rings. The molecule has 1 saturated carbocycles. The first kappa shape index (κ1) is 15.0. The zero-order chi connectivity index (χ0) is 14.4. The Balaban J connectivity index is 1.59. The van der Waals surface area contributed by atoms with Crippen LogP contribution in [0.5, 0.6) is 0 Å². The van der Waals surface area contributed by atoms with E-state index in [1.165, 1.54) is 24.0 Å². The highest BCUT2D eigenvalue weighted by Gasteiger charge is 2.22. The van der Waals surface area contributed by atoms with E-state index in [1.54, 1.807) is 0 Å². The van der Waals surface area contributed by atoms with Crippen molar-refractivity contribution in [2.24, 2.45) is 5.92 Å². The maximum atomic E-state index is 11.5. The highest BCUT2D eigenvalue weighted by atomic mass is 16.1. The number of benzene rings is 1. The quantitative estimate of drug-likeness (QED) is 0.716. The van der Waals surface area contributed by atoms with Gasteiger partial charge in [0, 0.05) is 26.1 Å². The highest BCUT2D eigenvalue weighted by Crippen LogP contribution is 2.39. The molecule has 0 bridgehead atoms. The molecule has 0 spiro atoms.